The van der Waals surface area contributed by atoms with Gasteiger partial charge in [-0.1, -0.05) is 0 Å². The molecule has 56 valence electrons. The van der Waals surface area contributed by atoms with E-state index < -0.39 is 6.03 Å². The lowest BCUT2D eigenvalue weighted by Gasteiger charge is -2.02. The third-order valence-electron chi connectivity index (χ3n) is 2.26. The van der Waals surface area contributed by atoms with Crippen molar-refractivity contribution in [2.24, 2.45) is 17.6 Å². The zero-order valence-electron chi connectivity index (χ0n) is 5.54. The lowest BCUT2D eigenvalue weighted by atomic mass is 10.4. The summed E-state index contributed by atoms with van der Waals surface area (Å²) in [7, 11) is 0. The summed E-state index contributed by atoms with van der Waals surface area (Å²) in [4.78, 5) is 10.4. The van der Waals surface area contributed by atoms with Crippen molar-refractivity contribution in [2.45, 2.75) is 6.04 Å². The van der Waals surface area contributed by atoms with Crippen LogP contribution >= 0.6 is 0 Å². The molecule has 1 saturated carbocycles. The molecule has 1 saturated heterocycles. The van der Waals surface area contributed by atoms with E-state index in [1.165, 1.54) is 0 Å². The van der Waals surface area contributed by atoms with Gasteiger partial charge in [-0.25, -0.2) is 4.79 Å². The Morgan fingerprint density at radius 2 is 2.10 bits per heavy atom. The van der Waals surface area contributed by atoms with Crippen molar-refractivity contribution in [2.75, 3.05) is 13.2 Å². The molecule has 0 radical (unpaired) electrons. The number of rotatable bonds is 1. The van der Waals surface area contributed by atoms with Gasteiger partial charge in [0, 0.05) is 17.9 Å². The van der Waals surface area contributed by atoms with Crippen LogP contribution in [0.3, 0.4) is 0 Å². The van der Waals surface area contributed by atoms with E-state index in [0.717, 1.165) is 13.2 Å². The van der Waals surface area contributed by atoms with E-state index >= 15 is 0 Å². The van der Waals surface area contributed by atoms with Gasteiger partial charge >= 0.3 is 6.03 Å². The quantitative estimate of drug-likeness (QED) is 0.508. The second-order valence-corrected chi connectivity index (χ2v) is 2.90. The maximum atomic E-state index is 10.4. The first-order valence-corrected chi connectivity index (χ1v) is 3.43. The Hall–Kier alpha value is -0.770. The van der Waals surface area contributed by atoms with Crippen LogP contribution in [0.15, 0.2) is 0 Å². The third-order valence-corrected chi connectivity index (χ3v) is 2.26. The highest BCUT2D eigenvalue weighted by Crippen LogP contribution is 2.43. The number of fused-ring (bicyclic) bond motifs is 1. The Balaban J connectivity index is 1.84. The molecule has 0 spiro atoms. The zero-order valence-corrected chi connectivity index (χ0v) is 5.54. The molecule has 2 fully saturated rings. The molecule has 0 aromatic heterocycles. The van der Waals surface area contributed by atoms with Gasteiger partial charge in [-0.15, -0.1) is 0 Å². The van der Waals surface area contributed by atoms with E-state index in [1.807, 2.05) is 0 Å². The van der Waals surface area contributed by atoms with Crippen molar-refractivity contribution in [3.63, 3.8) is 0 Å². The van der Waals surface area contributed by atoms with Gasteiger partial charge in [-0.2, -0.15) is 0 Å². The van der Waals surface area contributed by atoms with Gasteiger partial charge in [-0.05, 0) is 0 Å². The minimum Gasteiger partial charge on any atom is -0.381 e. The minimum absolute atomic E-state index is 0.311. The average molecular weight is 142 g/mol. The maximum Gasteiger partial charge on any atom is 0.312 e. The monoisotopic (exact) mass is 142 g/mol. The summed E-state index contributed by atoms with van der Waals surface area (Å²) in [6.45, 7) is 1.57. The topological polar surface area (TPSA) is 64.4 Å². The molecule has 1 aliphatic carbocycles. The number of nitrogens with two attached hydrogens (primary N) is 1. The fourth-order valence-electron chi connectivity index (χ4n) is 1.62. The van der Waals surface area contributed by atoms with E-state index in [9.17, 15) is 4.79 Å². The predicted octanol–water partition coefficient (Wildman–Crippen LogP) is -0.701. The molecule has 2 amide bonds. The Kier molecular flexibility index (Phi) is 1.11. The summed E-state index contributed by atoms with van der Waals surface area (Å²) in [5.74, 6) is 1.10. The Labute approximate surface area is 58.7 Å². The summed E-state index contributed by atoms with van der Waals surface area (Å²) in [6.07, 6.45) is 0. The van der Waals surface area contributed by atoms with Crippen LogP contribution in [0.5, 0.6) is 0 Å². The fraction of sp³-hybridized carbons (Fsp3) is 0.833. The van der Waals surface area contributed by atoms with Gasteiger partial charge in [0.05, 0.1) is 13.2 Å². The van der Waals surface area contributed by atoms with Crippen LogP contribution in [-0.2, 0) is 4.74 Å². The maximum absolute atomic E-state index is 10.4. The Morgan fingerprint density at radius 1 is 1.50 bits per heavy atom. The normalized spacial score (nSPS) is 42.6. The second-order valence-electron chi connectivity index (χ2n) is 2.90. The van der Waals surface area contributed by atoms with Crippen LogP contribution in [0.4, 0.5) is 4.79 Å². The van der Waals surface area contributed by atoms with Crippen LogP contribution in [-0.4, -0.2) is 25.3 Å². The summed E-state index contributed by atoms with van der Waals surface area (Å²) < 4.78 is 5.13. The van der Waals surface area contributed by atoms with E-state index in [-0.39, 0.29) is 0 Å². The van der Waals surface area contributed by atoms with E-state index in [1.54, 1.807) is 0 Å². The minimum atomic E-state index is -0.417. The van der Waals surface area contributed by atoms with E-state index in [2.05, 4.69) is 5.32 Å². The van der Waals surface area contributed by atoms with Crippen LogP contribution in [0, 0.1) is 11.8 Å². The van der Waals surface area contributed by atoms with Crippen molar-refractivity contribution in [3.05, 3.63) is 0 Å². The smallest absolute Gasteiger partial charge is 0.312 e. The molecule has 4 nitrogen and oxygen atoms in total. The largest absolute Gasteiger partial charge is 0.381 e. The van der Waals surface area contributed by atoms with Crippen molar-refractivity contribution in [1.29, 1.82) is 0 Å². The molecular weight excluding hydrogens is 132 g/mol. The fourth-order valence-corrected chi connectivity index (χ4v) is 1.62. The molecule has 2 rings (SSSR count). The number of urea groups is 1. The van der Waals surface area contributed by atoms with Crippen LogP contribution in [0.25, 0.3) is 0 Å². The van der Waals surface area contributed by atoms with Crippen molar-refractivity contribution < 1.29 is 9.53 Å². The summed E-state index contributed by atoms with van der Waals surface area (Å²) in [5, 5.41) is 2.68. The summed E-state index contributed by atoms with van der Waals surface area (Å²) in [5.41, 5.74) is 4.95. The van der Waals surface area contributed by atoms with Gasteiger partial charge in [0.25, 0.3) is 0 Å². The molecule has 4 heteroatoms. The first-order valence-electron chi connectivity index (χ1n) is 3.43. The first-order chi connectivity index (χ1) is 4.79. The van der Waals surface area contributed by atoms with Crippen LogP contribution in [0.2, 0.25) is 0 Å². The molecule has 0 aromatic carbocycles. The average Bonchev–Trinajstić information content (AvgIpc) is 2.40. The molecule has 0 bridgehead atoms. The number of primary amides is 1. The lowest BCUT2D eigenvalue weighted by molar-refractivity contribution is 0.156. The SMILES string of the molecule is NC(=O)NC1[C@H]2COC[C@@H]12. The number of hydrogen-bond donors (Lipinski definition) is 2. The molecule has 1 unspecified atom stereocenters. The number of amides is 2. The van der Waals surface area contributed by atoms with Gasteiger partial charge in [0.2, 0.25) is 0 Å². The predicted molar refractivity (Wildman–Crippen MR) is 34.3 cm³/mol. The molecule has 0 aromatic rings. The Bertz CT molecular complexity index is 161. The van der Waals surface area contributed by atoms with E-state index in [4.69, 9.17) is 10.5 Å². The summed E-state index contributed by atoms with van der Waals surface area (Å²) in [6, 6.07) is -0.106. The van der Waals surface area contributed by atoms with Gasteiger partial charge in [-0.3, -0.25) is 0 Å². The van der Waals surface area contributed by atoms with Crippen molar-refractivity contribution in [3.8, 4) is 0 Å². The van der Waals surface area contributed by atoms with Crippen molar-refractivity contribution in [1.82, 2.24) is 5.32 Å². The number of nitrogens with one attached hydrogen (secondary N) is 1. The number of carbonyl (C=O) groups excluding carboxylic acids is 1. The molecule has 3 N–H and O–H groups in total. The molecule has 10 heavy (non-hydrogen) atoms. The first kappa shape index (κ1) is 5.97. The Morgan fingerprint density at radius 3 is 2.60 bits per heavy atom. The standard InChI is InChI=1S/C6H10N2O2/c7-6(9)8-5-3-1-10-2-4(3)5/h3-5H,1-2H2,(H3,7,8,9)/t3-,4+,5?. The highest BCUT2D eigenvalue weighted by Gasteiger charge is 2.54. The van der Waals surface area contributed by atoms with Crippen LogP contribution < -0.4 is 11.1 Å². The number of carbonyl (C=O) groups is 1. The van der Waals surface area contributed by atoms with Gasteiger partial charge in [0.15, 0.2) is 0 Å². The highest BCUT2D eigenvalue weighted by molar-refractivity contribution is 5.72. The zero-order chi connectivity index (χ0) is 7.14. The van der Waals surface area contributed by atoms with Crippen molar-refractivity contribution >= 4 is 6.03 Å². The molecule has 3 atom stereocenters. The molecule has 1 aliphatic heterocycles. The van der Waals surface area contributed by atoms with E-state index in [0.29, 0.717) is 17.9 Å². The number of hydrogen-bond acceptors (Lipinski definition) is 2. The highest BCUT2D eigenvalue weighted by atomic mass is 16.5. The third kappa shape index (κ3) is 0.759. The lowest BCUT2D eigenvalue weighted by Crippen LogP contribution is -2.34. The van der Waals surface area contributed by atoms with Crippen LogP contribution in [0.1, 0.15) is 0 Å². The second kappa shape index (κ2) is 1.85. The molecule has 1 heterocycles. The summed E-state index contributed by atoms with van der Waals surface area (Å²) >= 11 is 0. The van der Waals surface area contributed by atoms with Gasteiger partial charge < -0.3 is 15.8 Å². The molecular formula is C6H10N2O2. The van der Waals surface area contributed by atoms with Gasteiger partial charge in [0.1, 0.15) is 0 Å². The molecule has 2 aliphatic rings. The number of ether oxygens (including phenoxy) is 1.